The lowest BCUT2D eigenvalue weighted by Gasteiger charge is -2.30. The molecule has 0 radical (unpaired) electrons. The van der Waals surface area contributed by atoms with E-state index in [0.29, 0.717) is 12.2 Å². The molecule has 0 saturated carbocycles. The molecule has 0 spiro atoms. The van der Waals surface area contributed by atoms with Crippen molar-refractivity contribution in [3.63, 3.8) is 0 Å². The summed E-state index contributed by atoms with van der Waals surface area (Å²) >= 11 is 0. The number of benzene rings is 1. The number of hydrogen-bond acceptors (Lipinski definition) is 4. The first-order chi connectivity index (χ1) is 13.2. The van der Waals surface area contributed by atoms with Crippen molar-refractivity contribution in [3.05, 3.63) is 29.8 Å². The number of aryl methyl sites for hydroxylation is 1. The number of likely N-dealkylation sites (tertiary alicyclic amines) is 1. The average molecular weight is 411 g/mol. The third-order valence-electron chi connectivity index (χ3n) is 5.06. The third kappa shape index (κ3) is 6.46. The van der Waals surface area contributed by atoms with Gasteiger partial charge in [-0.05, 0) is 57.3 Å². The number of amides is 1. The van der Waals surface area contributed by atoms with Crippen LogP contribution >= 0.6 is 0 Å². The first-order valence-corrected chi connectivity index (χ1v) is 11.4. The van der Waals surface area contributed by atoms with E-state index in [0.717, 1.165) is 46.1 Å². The number of piperidine rings is 1. The summed E-state index contributed by atoms with van der Waals surface area (Å²) in [7, 11) is -0.824. The van der Waals surface area contributed by atoms with E-state index in [2.05, 4.69) is 17.1 Å². The zero-order valence-corrected chi connectivity index (χ0v) is 18.3. The Bertz CT molecular complexity index is 734. The Morgan fingerprint density at radius 3 is 2.54 bits per heavy atom. The highest BCUT2D eigenvalue weighted by Crippen LogP contribution is 2.20. The molecule has 1 heterocycles. The molecule has 0 aliphatic carbocycles. The van der Waals surface area contributed by atoms with Crippen molar-refractivity contribution in [2.45, 2.75) is 33.1 Å². The van der Waals surface area contributed by atoms with Gasteiger partial charge < -0.3 is 10.2 Å². The summed E-state index contributed by atoms with van der Waals surface area (Å²) in [5.41, 5.74) is 1.51. The predicted molar refractivity (Wildman–Crippen MR) is 114 cm³/mol. The molecule has 1 saturated heterocycles. The standard InChI is InChI=1S/C20H34N4O3S/c1-17-8-10-19(11-9-17)24(28(26,27)22(3)4)16-20(25)21-12-6-14-23-13-5-7-18(2)15-23/h8-11,18H,5-7,12-16H2,1-4H3,(H,21,25)/t18-/m1/s1. The zero-order chi connectivity index (χ0) is 20.7. The van der Waals surface area contributed by atoms with Crippen molar-refractivity contribution in [1.29, 1.82) is 0 Å². The van der Waals surface area contributed by atoms with Crippen LogP contribution in [0.15, 0.2) is 24.3 Å². The predicted octanol–water partition coefficient (Wildman–Crippen LogP) is 1.85. The maximum Gasteiger partial charge on any atom is 0.304 e. The highest BCUT2D eigenvalue weighted by atomic mass is 32.2. The molecule has 1 amide bonds. The second-order valence-corrected chi connectivity index (χ2v) is 9.95. The van der Waals surface area contributed by atoms with Crippen LogP contribution < -0.4 is 9.62 Å². The van der Waals surface area contributed by atoms with Crippen molar-refractivity contribution in [3.8, 4) is 0 Å². The molecule has 28 heavy (non-hydrogen) atoms. The van der Waals surface area contributed by atoms with Gasteiger partial charge in [-0.25, -0.2) is 4.31 Å². The highest BCUT2D eigenvalue weighted by molar-refractivity contribution is 7.90. The normalized spacial score (nSPS) is 18.2. The Morgan fingerprint density at radius 2 is 1.93 bits per heavy atom. The van der Waals surface area contributed by atoms with Crippen LogP contribution in [0.3, 0.4) is 0 Å². The molecular weight excluding hydrogens is 376 g/mol. The van der Waals surface area contributed by atoms with Gasteiger partial charge in [-0.3, -0.25) is 4.79 Å². The number of nitrogens with zero attached hydrogens (tertiary/aromatic N) is 3. The van der Waals surface area contributed by atoms with Gasteiger partial charge in [0.2, 0.25) is 5.91 Å². The summed E-state index contributed by atoms with van der Waals surface area (Å²) in [5.74, 6) is 0.445. The molecule has 1 atom stereocenters. The molecule has 1 N–H and O–H groups in total. The van der Waals surface area contributed by atoms with Gasteiger partial charge in [0.1, 0.15) is 6.54 Å². The molecular formula is C20H34N4O3S. The Hall–Kier alpha value is -1.64. The Kier molecular flexibility index (Phi) is 8.27. The van der Waals surface area contributed by atoms with Crippen molar-refractivity contribution in [2.24, 2.45) is 5.92 Å². The minimum absolute atomic E-state index is 0.232. The molecule has 1 aromatic rings. The summed E-state index contributed by atoms with van der Waals surface area (Å²) in [5, 5.41) is 2.87. The second-order valence-electron chi connectivity index (χ2n) is 7.88. The summed E-state index contributed by atoms with van der Waals surface area (Å²) in [6.07, 6.45) is 3.40. The number of carbonyl (C=O) groups is 1. The molecule has 0 bridgehead atoms. The van der Waals surface area contributed by atoms with Crippen LogP contribution in [0.25, 0.3) is 0 Å². The van der Waals surface area contributed by atoms with Gasteiger partial charge >= 0.3 is 10.2 Å². The van der Waals surface area contributed by atoms with Crippen molar-refractivity contribution in [1.82, 2.24) is 14.5 Å². The fraction of sp³-hybridized carbons (Fsp3) is 0.650. The lowest BCUT2D eigenvalue weighted by atomic mass is 10.0. The quantitative estimate of drug-likeness (QED) is 0.631. The molecule has 1 fully saturated rings. The summed E-state index contributed by atoms with van der Waals surface area (Å²) in [4.78, 5) is 14.9. The topological polar surface area (TPSA) is 73.0 Å². The molecule has 0 aromatic heterocycles. The van der Waals surface area contributed by atoms with E-state index in [1.54, 1.807) is 12.1 Å². The van der Waals surface area contributed by atoms with Gasteiger partial charge in [-0.1, -0.05) is 24.6 Å². The van der Waals surface area contributed by atoms with Crippen LogP contribution in [0, 0.1) is 12.8 Å². The molecule has 8 heteroatoms. The Morgan fingerprint density at radius 1 is 1.25 bits per heavy atom. The first-order valence-electron chi connectivity index (χ1n) is 9.96. The third-order valence-corrected chi connectivity index (χ3v) is 6.88. The van der Waals surface area contributed by atoms with Crippen LogP contribution in [-0.2, 0) is 15.0 Å². The Labute approximate surface area is 169 Å². The number of rotatable bonds is 9. The van der Waals surface area contributed by atoms with E-state index >= 15 is 0 Å². The molecule has 0 unspecified atom stereocenters. The molecule has 7 nitrogen and oxygen atoms in total. The van der Waals surface area contributed by atoms with Gasteiger partial charge in [0.05, 0.1) is 5.69 Å². The first kappa shape index (κ1) is 22.6. The van der Waals surface area contributed by atoms with E-state index < -0.39 is 10.2 Å². The molecule has 158 valence electrons. The van der Waals surface area contributed by atoms with Crippen LogP contribution in [0.4, 0.5) is 5.69 Å². The van der Waals surface area contributed by atoms with Crippen molar-refractivity contribution >= 4 is 21.8 Å². The van der Waals surface area contributed by atoms with Gasteiger partial charge in [0, 0.05) is 27.2 Å². The van der Waals surface area contributed by atoms with Crippen molar-refractivity contribution < 1.29 is 13.2 Å². The Balaban J connectivity index is 1.90. The van der Waals surface area contributed by atoms with Gasteiger partial charge in [-0.2, -0.15) is 12.7 Å². The van der Waals surface area contributed by atoms with Crippen LogP contribution in [0.1, 0.15) is 31.7 Å². The maximum absolute atomic E-state index is 12.7. The van der Waals surface area contributed by atoms with E-state index in [-0.39, 0.29) is 12.5 Å². The molecule has 1 aromatic carbocycles. The van der Waals surface area contributed by atoms with Gasteiger partial charge in [0.25, 0.3) is 0 Å². The minimum atomic E-state index is -3.76. The molecule has 2 rings (SSSR count). The highest BCUT2D eigenvalue weighted by Gasteiger charge is 2.27. The largest absolute Gasteiger partial charge is 0.354 e. The number of carbonyl (C=O) groups excluding carboxylic acids is 1. The van der Waals surface area contributed by atoms with Crippen LogP contribution in [0.2, 0.25) is 0 Å². The SMILES string of the molecule is Cc1ccc(N(CC(=O)NCCCN2CCC[C@@H](C)C2)S(=O)(=O)N(C)C)cc1. The van der Waals surface area contributed by atoms with E-state index in [1.807, 2.05) is 19.1 Å². The fourth-order valence-electron chi connectivity index (χ4n) is 3.42. The average Bonchev–Trinajstić information content (AvgIpc) is 2.64. The fourth-order valence-corrected chi connectivity index (χ4v) is 4.48. The number of nitrogens with one attached hydrogen (secondary N) is 1. The summed E-state index contributed by atoms with van der Waals surface area (Å²) in [6.45, 7) is 7.74. The van der Waals surface area contributed by atoms with E-state index in [9.17, 15) is 13.2 Å². The number of anilines is 1. The lowest BCUT2D eigenvalue weighted by molar-refractivity contribution is -0.119. The summed E-state index contributed by atoms with van der Waals surface area (Å²) in [6, 6.07) is 7.12. The van der Waals surface area contributed by atoms with Gasteiger partial charge in [0.15, 0.2) is 0 Å². The molecule has 1 aliphatic heterocycles. The van der Waals surface area contributed by atoms with Crippen molar-refractivity contribution in [2.75, 3.05) is 51.1 Å². The van der Waals surface area contributed by atoms with E-state index in [1.165, 1.54) is 26.9 Å². The van der Waals surface area contributed by atoms with Crippen LogP contribution in [-0.4, -0.2) is 70.3 Å². The number of hydrogen-bond donors (Lipinski definition) is 1. The smallest absolute Gasteiger partial charge is 0.304 e. The maximum atomic E-state index is 12.7. The minimum Gasteiger partial charge on any atom is -0.354 e. The monoisotopic (exact) mass is 410 g/mol. The van der Waals surface area contributed by atoms with E-state index in [4.69, 9.17) is 0 Å². The lowest BCUT2D eigenvalue weighted by Crippen LogP contribution is -2.46. The van der Waals surface area contributed by atoms with Gasteiger partial charge in [-0.15, -0.1) is 0 Å². The molecule has 1 aliphatic rings. The zero-order valence-electron chi connectivity index (χ0n) is 17.5. The van der Waals surface area contributed by atoms with Crippen LogP contribution in [0.5, 0.6) is 0 Å². The second kappa shape index (κ2) is 10.2. The summed E-state index contributed by atoms with van der Waals surface area (Å²) < 4.78 is 27.6.